The van der Waals surface area contributed by atoms with Crippen molar-refractivity contribution in [3.8, 4) is 0 Å². The van der Waals surface area contributed by atoms with Crippen LogP contribution < -0.4 is 5.32 Å². The van der Waals surface area contributed by atoms with Gasteiger partial charge in [-0.3, -0.25) is 14.4 Å². The second kappa shape index (κ2) is 7.31. The Balaban J connectivity index is 2.73. The van der Waals surface area contributed by atoms with E-state index in [1.807, 2.05) is 0 Å². The van der Waals surface area contributed by atoms with E-state index < -0.39 is 0 Å². The molecule has 0 aromatic heterocycles. The van der Waals surface area contributed by atoms with Crippen LogP contribution >= 0.6 is 0 Å². The fraction of sp³-hybridized carbons (Fsp3) is 0.562. The van der Waals surface area contributed by atoms with Crippen LogP contribution in [0.15, 0.2) is 22.3 Å². The summed E-state index contributed by atoms with van der Waals surface area (Å²) in [6, 6.07) is 0. The number of rotatable bonds is 6. The minimum atomic E-state index is -0.271. The topological polar surface area (TPSA) is 83.5 Å². The van der Waals surface area contributed by atoms with Crippen LogP contribution in [0.1, 0.15) is 40.5 Å². The van der Waals surface area contributed by atoms with E-state index in [1.54, 1.807) is 27.7 Å². The van der Waals surface area contributed by atoms with E-state index in [2.05, 4.69) is 5.32 Å². The number of amides is 1. The predicted molar refractivity (Wildman–Crippen MR) is 79.6 cm³/mol. The van der Waals surface area contributed by atoms with Gasteiger partial charge in [-0.15, -0.1) is 0 Å². The molecule has 2 N–H and O–H groups in total. The maximum atomic E-state index is 12.2. The lowest BCUT2D eigenvalue weighted by Gasteiger charge is -2.19. The minimum absolute atomic E-state index is 0.0838. The average Bonchev–Trinajstić information content (AvgIpc) is 2.48. The highest BCUT2D eigenvalue weighted by Crippen LogP contribution is 2.28. The molecule has 0 aliphatic heterocycles. The van der Waals surface area contributed by atoms with E-state index in [-0.39, 0.29) is 36.5 Å². The van der Waals surface area contributed by atoms with Crippen LogP contribution in [0.4, 0.5) is 0 Å². The third-order valence-electron chi connectivity index (χ3n) is 4.00. The molecule has 5 heteroatoms. The van der Waals surface area contributed by atoms with Crippen molar-refractivity contribution in [3.05, 3.63) is 22.3 Å². The molecule has 1 atom stereocenters. The van der Waals surface area contributed by atoms with Crippen LogP contribution in [0, 0.1) is 5.92 Å². The van der Waals surface area contributed by atoms with Crippen molar-refractivity contribution in [1.29, 1.82) is 0 Å². The van der Waals surface area contributed by atoms with Crippen molar-refractivity contribution >= 4 is 17.5 Å². The molecular formula is C16H23NO4. The van der Waals surface area contributed by atoms with Gasteiger partial charge in [0.1, 0.15) is 0 Å². The van der Waals surface area contributed by atoms with Crippen LogP contribution in [-0.4, -0.2) is 35.7 Å². The van der Waals surface area contributed by atoms with Gasteiger partial charge in [-0.05, 0) is 33.6 Å². The highest BCUT2D eigenvalue weighted by atomic mass is 16.3. The van der Waals surface area contributed by atoms with Gasteiger partial charge in [-0.25, -0.2) is 0 Å². The fourth-order valence-corrected chi connectivity index (χ4v) is 2.30. The molecule has 21 heavy (non-hydrogen) atoms. The second-order valence-corrected chi connectivity index (χ2v) is 5.47. The Morgan fingerprint density at radius 3 is 2.24 bits per heavy atom. The van der Waals surface area contributed by atoms with Crippen LogP contribution in [0.2, 0.25) is 0 Å². The highest BCUT2D eigenvalue weighted by Gasteiger charge is 2.28. The maximum absolute atomic E-state index is 12.2. The standard InChI is InChI=1S/C16H23NO4/c1-9(16(21)17-7-8-18)5-6-13-12(4)14(19)10(2)11(3)15(13)20/h9,18H,5-8H2,1-4H3,(H,17,21). The molecule has 1 rings (SSSR count). The number of ketones is 2. The Morgan fingerprint density at radius 1 is 1.10 bits per heavy atom. The number of aliphatic hydroxyl groups is 1. The van der Waals surface area contributed by atoms with Gasteiger partial charge in [-0.2, -0.15) is 0 Å². The molecule has 0 aromatic carbocycles. The molecular weight excluding hydrogens is 270 g/mol. The molecule has 0 radical (unpaired) electrons. The summed E-state index contributed by atoms with van der Waals surface area (Å²) < 4.78 is 0. The van der Waals surface area contributed by atoms with Crippen molar-refractivity contribution in [2.24, 2.45) is 5.92 Å². The Labute approximate surface area is 125 Å². The first-order chi connectivity index (χ1) is 9.81. The maximum Gasteiger partial charge on any atom is 0.222 e. The van der Waals surface area contributed by atoms with Crippen LogP contribution in [0.3, 0.4) is 0 Å². The number of hydrogen-bond acceptors (Lipinski definition) is 4. The number of carbonyl (C=O) groups excluding carboxylic acids is 3. The summed E-state index contributed by atoms with van der Waals surface area (Å²) in [6.45, 7) is 6.90. The molecule has 1 unspecified atom stereocenters. The van der Waals surface area contributed by atoms with Crippen LogP contribution in [0.5, 0.6) is 0 Å². The van der Waals surface area contributed by atoms with E-state index in [1.165, 1.54) is 0 Å². The molecule has 5 nitrogen and oxygen atoms in total. The summed E-state index contributed by atoms with van der Waals surface area (Å²) in [5, 5.41) is 11.3. The number of Topliss-reactive ketones (excluding diaryl/α,β-unsaturated/α-hetero) is 2. The van der Waals surface area contributed by atoms with Crippen molar-refractivity contribution in [3.63, 3.8) is 0 Å². The van der Waals surface area contributed by atoms with Crippen LogP contribution in [0.25, 0.3) is 0 Å². The van der Waals surface area contributed by atoms with Gasteiger partial charge in [0.25, 0.3) is 0 Å². The highest BCUT2D eigenvalue weighted by molar-refractivity contribution is 6.24. The zero-order valence-electron chi connectivity index (χ0n) is 13.1. The van der Waals surface area contributed by atoms with Crippen molar-refractivity contribution in [1.82, 2.24) is 5.32 Å². The lowest BCUT2D eigenvalue weighted by atomic mass is 9.83. The number of hydrogen-bond donors (Lipinski definition) is 2. The largest absolute Gasteiger partial charge is 0.395 e. The van der Waals surface area contributed by atoms with E-state index in [4.69, 9.17) is 5.11 Å². The quantitative estimate of drug-likeness (QED) is 0.723. The fourth-order valence-electron chi connectivity index (χ4n) is 2.30. The first-order valence-corrected chi connectivity index (χ1v) is 7.16. The van der Waals surface area contributed by atoms with Gasteiger partial charge in [0.15, 0.2) is 11.6 Å². The number of allylic oxidation sites excluding steroid dienone is 4. The number of carbonyl (C=O) groups is 3. The normalized spacial score (nSPS) is 17.4. The third kappa shape index (κ3) is 3.88. The Bertz CT molecular complexity index is 528. The lowest BCUT2D eigenvalue weighted by Crippen LogP contribution is -2.31. The number of aliphatic hydroxyl groups excluding tert-OH is 1. The summed E-state index contributed by atoms with van der Waals surface area (Å²) in [5.74, 6) is -0.598. The van der Waals surface area contributed by atoms with Gasteiger partial charge in [0, 0.05) is 34.8 Å². The van der Waals surface area contributed by atoms with E-state index >= 15 is 0 Å². The Kier molecular flexibility index (Phi) is 6.03. The molecule has 1 aliphatic carbocycles. The van der Waals surface area contributed by atoms with Crippen LogP contribution in [-0.2, 0) is 14.4 Å². The summed E-state index contributed by atoms with van der Waals surface area (Å²) in [6.07, 6.45) is 0.907. The summed E-state index contributed by atoms with van der Waals surface area (Å²) in [5.41, 5.74) is 2.02. The predicted octanol–water partition coefficient (Wildman–Crippen LogP) is 1.32. The molecule has 1 amide bonds. The molecule has 0 heterocycles. The summed E-state index contributed by atoms with van der Waals surface area (Å²) in [4.78, 5) is 36.0. The van der Waals surface area contributed by atoms with Gasteiger partial charge < -0.3 is 10.4 Å². The first kappa shape index (κ1) is 17.3. The summed E-state index contributed by atoms with van der Waals surface area (Å²) in [7, 11) is 0. The monoisotopic (exact) mass is 293 g/mol. The van der Waals surface area contributed by atoms with Gasteiger partial charge in [0.05, 0.1) is 6.61 Å². The molecule has 116 valence electrons. The smallest absolute Gasteiger partial charge is 0.222 e. The molecule has 1 aliphatic rings. The Hall–Kier alpha value is -1.75. The second-order valence-electron chi connectivity index (χ2n) is 5.47. The molecule has 0 fully saturated rings. The van der Waals surface area contributed by atoms with Gasteiger partial charge >= 0.3 is 0 Å². The SMILES string of the molecule is CC1=C(C)C(=O)C(CCC(C)C(=O)NCCO)=C(C)C1=O. The van der Waals surface area contributed by atoms with Crippen molar-refractivity contribution in [2.75, 3.05) is 13.2 Å². The van der Waals surface area contributed by atoms with Gasteiger partial charge in [0.2, 0.25) is 5.91 Å². The van der Waals surface area contributed by atoms with E-state index in [0.717, 1.165) is 0 Å². The van der Waals surface area contributed by atoms with E-state index in [9.17, 15) is 14.4 Å². The zero-order valence-corrected chi connectivity index (χ0v) is 13.1. The Morgan fingerprint density at radius 2 is 1.67 bits per heavy atom. The third-order valence-corrected chi connectivity index (χ3v) is 4.00. The molecule has 0 spiro atoms. The number of nitrogens with one attached hydrogen (secondary N) is 1. The van der Waals surface area contributed by atoms with Gasteiger partial charge in [-0.1, -0.05) is 6.92 Å². The minimum Gasteiger partial charge on any atom is -0.395 e. The van der Waals surface area contributed by atoms with Crippen molar-refractivity contribution in [2.45, 2.75) is 40.5 Å². The summed E-state index contributed by atoms with van der Waals surface area (Å²) >= 11 is 0. The molecule has 0 bridgehead atoms. The molecule has 0 saturated carbocycles. The van der Waals surface area contributed by atoms with E-state index in [0.29, 0.717) is 35.1 Å². The molecule has 0 aromatic rings. The first-order valence-electron chi connectivity index (χ1n) is 7.16. The lowest BCUT2D eigenvalue weighted by molar-refractivity contribution is -0.125. The zero-order chi connectivity index (χ0) is 16.2. The molecule has 0 saturated heterocycles. The average molecular weight is 293 g/mol. The van der Waals surface area contributed by atoms with Crippen molar-refractivity contribution < 1.29 is 19.5 Å².